The molecule has 0 amide bonds. The van der Waals surface area contributed by atoms with E-state index in [2.05, 4.69) is 237 Å². The number of aryl methyl sites for hydroxylation is 1. The quantitative estimate of drug-likeness (QED) is 0.0412. The molecular weight excluding hydrogens is 1170 g/mol. The van der Waals surface area contributed by atoms with Crippen molar-refractivity contribution in [1.82, 2.24) is 0 Å². The Morgan fingerprint density at radius 3 is 0.832 bits per heavy atom. The zero-order valence-electron chi connectivity index (χ0n) is 59.4. The molecule has 0 bridgehead atoms. The van der Waals surface area contributed by atoms with E-state index in [1.807, 2.05) is 0 Å². The number of hydrogen-bond acceptors (Lipinski definition) is 8. The fourth-order valence-electron chi connectivity index (χ4n) is 14.2. The van der Waals surface area contributed by atoms with Gasteiger partial charge >= 0.3 is 0 Å². The molecule has 498 valence electrons. The lowest BCUT2D eigenvalue weighted by molar-refractivity contribution is 0.103. The second-order valence-electron chi connectivity index (χ2n) is 28.9. The van der Waals surface area contributed by atoms with Gasteiger partial charge in [0.1, 0.15) is 5.75 Å². The predicted octanol–water partition coefficient (Wildman–Crippen LogP) is 21.9. The van der Waals surface area contributed by atoms with E-state index in [0.29, 0.717) is 98.8 Å². The van der Waals surface area contributed by atoms with E-state index in [4.69, 9.17) is 33.2 Å². The standard InChI is InChI=1S/C87H102O8/c1-16-52(8)45-89-78-41-74-66(35-59(78)15)67-38-79(90-46-53(9)17-2)82(93-49-56(12)20-5)42-75(67)86(74)70-29-25-23-27-62(70)64-33-31-60(36-72(64)86)85(88)61-32-34-65-63-28-24-26-30-71(63)87(73(65)37-61)76-43-83(94-50-57(13)21-6)80(91-47-54(10)18-3)39-68(76)69-40-81(92-48-55(11)19-4)84(44-77(69)87)95-51-58(14)22-7/h23-44,52-58H,16-22,45-51H2,1-15H3. The molecule has 0 heterocycles. The molecule has 95 heavy (non-hydrogen) atoms. The van der Waals surface area contributed by atoms with Gasteiger partial charge in [-0.1, -0.05) is 215 Å². The molecule has 4 aliphatic carbocycles. The van der Waals surface area contributed by atoms with Crippen molar-refractivity contribution in [2.24, 2.45) is 41.4 Å². The van der Waals surface area contributed by atoms with Crippen LogP contribution in [0.4, 0.5) is 0 Å². The minimum atomic E-state index is -0.903. The summed E-state index contributed by atoms with van der Waals surface area (Å²) in [6.45, 7) is 37.3. The molecule has 12 rings (SSSR count). The highest BCUT2D eigenvalue weighted by Gasteiger charge is 2.55. The van der Waals surface area contributed by atoms with Crippen LogP contribution in [0.5, 0.6) is 40.2 Å². The summed E-state index contributed by atoms with van der Waals surface area (Å²) < 4.78 is 48.3. The highest BCUT2D eigenvalue weighted by Crippen LogP contribution is 2.67. The molecule has 0 saturated carbocycles. The minimum absolute atomic E-state index is 0.0599. The largest absolute Gasteiger partial charge is 0.493 e. The van der Waals surface area contributed by atoms with Gasteiger partial charge in [0.25, 0.3) is 0 Å². The smallest absolute Gasteiger partial charge is 0.193 e. The van der Waals surface area contributed by atoms with Crippen molar-refractivity contribution in [3.63, 3.8) is 0 Å². The zero-order valence-corrected chi connectivity index (χ0v) is 59.4. The number of rotatable bonds is 30. The number of fused-ring (bicyclic) bond motifs is 20. The van der Waals surface area contributed by atoms with Gasteiger partial charge in [0.15, 0.2) is 40.3 Å². The van der Waals surface area contributed by atoms with Crippen molar-refractivity contribution >= 4 is 5.78 Å². The van der Waals surface area contributed by atoms with E-state index in [-0.39, 0.29) is 5.78 Å². The van der Waals surface area contributed by atoms with Crippen LogP contribution in [0.15, 0.2) is 133 Å². The summed E-state index contributed by atoms with van der Waals surface area (Å²) >= 11 is 0. The fourth-order valence-corrected chi connectivity index (χ4v) is 14.2. The van der Waals surface area contributed by atoms with Crippen LogP contribution in [0.1, 0.15) is 208 Å². The van der Waals surface area contributed by atoms with Crippen LogP contribution in [0.3, 0.4) is 0 Å². The van der Waals surface area contributed by atoms with Crippen molar-refractivity contribution in [2.75, 3.05) is 46.2 Å². The van der Waals surface area contributed by atoms with E-state index in [1.54, 1.807) is 0 Å². The first-order valence-electron chi connectivity index (χ1n) is 36.1. The third-order valence-electron chi connectivity index (χ3n) is 21.9. The van der Waals surface area contributed by atoms with Crippen LogP contribution in [0, 0.1) is 48.3 Å². The molecule has 0 saturated heterocycles. The van der Waals surface area contributed by atoms with Gasteiger partial charge in [-0.15, -0.1) is 0 Å². The Bertz CT molecular complexity index is 4050. The minimum Gasteiger partial charge on any atom is -0.493 e. The average molecular weight is 1280 g/mol. The number of carbonyl (C=O) groups is 1. The number of ether oxygens (including phenoxy) is 7. The van der Waals surface area contributed by atoms with Crippen LogP contribution in [0.2, 0.25) is 0 Å². The SMILES string of the molecule is CCC(C)COc1cc2c(cc1C)-c1cc(OCC(C)CC)c(OCC(C)CC)cc1C21c2ccccc2-c2ccc(C(=O)c3ccc4c(c3)C3(c5ccccc5-4)c4cc(OCC(C)CC)c(OCC(C)CC)cc4-c4cc(OCC(C)CC)c(OCC(C)CC)cc43)cc21. The van der Waals surface area contributed by atoms with Gasteiger partial charge in [-0.05, 0) is 204 Å². The molecule has 8 atom stereocenters. The summed E-state index contributed by atoms with van der Waals surface area (Å²) in [4.78, 5) is 16.4. The van der Waals surface area contributed by atoms with E-state index in [9.17, 15) is 0 Å². The Morgan fingerprint density at radius 2 is 0.526 bits per heavy atom. The maximum absolute atomic E-state index is 16.4. The lowest BCUT2D eigenvalue weighted by atomic mass is 9.69. The molecule has 0 fully saturated rings. The Hall–Kier alpha value is -7.97. The Labute approximate surface area is 567 Å². The maximum Gasteiger partial charge on any atom is 0.193 e. The van der Waals surface area contributed by atoms with Crippen LogP contribution in [-0.4, -0.2) is 52.0 Å². The lowest BCUT2D eigenvalue weighted by Gasteiger charge is -2.32. The van der Waals surface area contributed by atoms with Crippen LogP contribution < -0.4 is 33.2 Å². The van der Waals surface area contributed by atoms with Crippen molar-refractivity contribution in [3.8, 4) is 84.8 Å². The second-order valence-corrected chi connectivity index (χ2v) is 28.9. The maximum atomic E-state index is 16.4. The molecule has 0 radical (unpaired) electrons. The highest BCUT2D eigenvalue weighted by atomic mass is 16.5. The summed E-state index contributed by atoms with van der Waals surface area (Å²) in [5, 5.41) is 0. The molecule has 8 aromatic carbocycles. The second kappa shape index (κ2) is 28.0. The van der Waals surface area contributed by atoms with E-state index in [1.165, 1.54) is 0 Å². The van der Waals surface area contributed by atoms with Crippen LogP contribution in [-0.2, 0) is 10.8 Å². The van der Waals surface area contributed by atoms with Gasteiger partial charge in [0.2, 0.25) is 0 Å². The summed E-state index contributed by atoms with van der Waals surface area (Å²) in [5.41, 5.74) is 18.0. The molecule has 0 aromatic heterocycles. The fraction of sp³-hybridized carbons (Fsp3) is 0.437. The number of benzene rings is 8. The highest BCUT2D eigenvalue weighted by molar-refractivity contribution is 6.11. The average Bonchev–Trinajstić information content (AvgIpc) is 1.52. The molecule has 8 aromatic rings. The summed E-state index contributed by atoms with van der Waals surface area (Å²) in [6, 6.07) is 48.7. The van der Waals surface area contributed by atoms with E-state index < -0.39 is 10.8 Å². The van der Waals surface area contributed by atoms with Crippen molar-refractivity contribution < 1.29 is 38.0 Å². The lowest BCUT2D eigenvalue weighted by Crippen LogP contribution is -2.27. The van der Waals surface area contributed by atoms with E-state index >= 15 is 4.79 Å². The molecule has 2 spiro atoms. The molecule has 8 nitrogen and oxygen atoms in total. The molecule has 0 N–H and O–H groups in total. The summed E-state index contributed by atoms with van der Waals surface area (Å²) in [6.07, 6.45) is 6.96. The summed E-state index contributed by atoms with van der Waals surface area (Å²) in [7, 11) is 0. The van der Waals surface area contributed by atoms with Gasteiger partial charge < -0.3 is 33.2 Å². The van der Waals surface area contributed by atoms with Gasteiger partial charge in [-0.3, -0.25) is 4.79 Å². The van der Waals surface area contributed by atoms with Crippen molar-refractivity contribution in [3.05, 3.63) is 195 Å². The Balaban J connectivity index is 1.08. The molecule has 4 aliphatic rings. The van der Waals surface area contributed by atoms with Gasteiger partial charge in [0, 0.05) is 11.1 Å². The first-order valence-corrected chi connectivity index (χ1v) is 36.1. The molecule has 0 aliphatic heterocycles. The normalized spacial score (nSPS) is 17.8. The van der Waals surface area contributed by atoms with Crippen molar-refractivity contribution in [2.45, 2.75) is 160 Å². The topological polar surface area (TPSA) is 81.7 Å². The Kier molecular flexibility index (Phi) is 19.8. The number of hydrogen-bond donors (Lipinski definition) is 0. The number of carbonyl (C=O) groups excluding carboxylic acids is 1. The third-order valence-corrected chi connectivity index (χ3v) is 21.9. The van der Waals surface area contributed by atoms with Gasteiger partial charge in [-0.25, -0.2) is 0 Å². The molecule has 8 heteroatoms. The first kappa shape index (κ1) is 67.0. The van der Waals surface area contributed by atoms with Gasteiger partial charge in [0.05, 0.1) is 57.1 Å². The van der Waals surface area contributed by atoms with Crippen LogP contribution >= 0.6 is 0 Å². The van der Waals surface area contributed by atoms with E-state index in [0.717, 1.165) is 180 Å². The third kappa shape index (κ3) is 12.0. The molecule has 8 unspecified atom stereocenters. The zero-order chi connectivity index (χ0) is 67.0. The first-order chi connectivity index (χ1) is 46.0. The molecular formula is C87H102O8. The summed E-state index contributed by atoms with van der Waals surface area (Å²) in [5.74, 6) is 7.58. The van der Waals surface area contributed by atoms with Crippen molar-refractivity contribution in [1.29, 1.82) is 0 Å². The monoisotopic (exact) mass is 1270 g/mol. The van der Waals surface area contributed by atoms with Gasteiger partial charge in [-0.2, -0.15) is 0 Å². The predicted molar refractivity (Wildman–Crippen MR) is 388 cm³/mol. The Morgan fingerprint density at radius 1 is 0.284 bits per heavy atom. The van der Waals surface area contributed by atoms with Crippen LogP contribution in [0.25, 0.3) is 44.5 Å². The number of ketones is 1.